The molecule has 2 N–H and O–H groups in total. The van der Waals surface area contributed by atoms with Crippen LogP contribution in [-0.2, 0) is 11.2 Å². The highest BCUT2D eigenvalue weighted by atomic mass is 19.1. The number of nitrogens with zero attached hydrogens (tertiary/aromatic N) is 1. The van der Waals surface area contributed by atoms with Crippen LogP contribution in [0, 0.1) is 12.7 Å². The zero-order chi connectivity index (χ0) is 19.4. The summed E-state index contributed by atoms with van der Waals surface area (Å²) in [7, 11) is 1.57. The van der Waals surface area contributed by atoms with Gasteiger partial charge in [0.15, 0.2) is 0 Å². The van der Waals surface area contributed by atoms with Gasteiger partial charge in [-0.25, -0.2) is 9.07 Å². The van der Waals surface area contributed by atoms with E-state index in [2.05, 4.69) is 10.4 Å². The Bertz CT molecular complexity index is 989. The van der Waals surface area contributed by atoms with Crippen molar-refractivity contribution in [3.8, 4) is 11.4 Å². The summed E-state index contributed by atoms with van der Waals surface area (Å²) < 4.78 is 19.5. The number of carbonyl (C=O) groups is 1. The highest BCUT2D eigenvalue weighted by Gasteiger charge is 2.14. The maximum Gasteiger partial charge on any atom is 0.274 e. The number of ether oxygens (including phenoxy) is 1. The number of aromatic amines is 1. The first-order valence-corrected chi connectivity index (χ1v) is 8.48. The van der Waals surface area contributed by atoms with E-state index in [1.165, 1.54) is 28.9 Å². The van der Waals surface area contributed by atoms with E-state index in [0.717, 1.165) is 0 Å². The van der Waals surface area contributed by atoms with Gasteiger partial charge in [0.25, 0.3) is 5.56 Å². The van der Waals surface area contributed by atoms with Crippen molar-refractivity contribution in [2.24, 2.45) is 0 Å². The quantitative estimate of drug-likeness (QED) is 0.701. The summed E-state index contributed by atoms with van der Waals surface area (Å²) in [6, 6.07) is 12.6. The van der Waals surface area contributed by atoms with Gasteiger partial charge in [0.2, 0.25) is 5.91 Å². The van der Waals surface area contributed by atoms with Crippen molar-refractivity contribution in [1.29, 1.82) is 0 Å². The van der Waals surface area contributed by atoms with Crippen LogP contribution in [0.1, 0.15) is 17.7 Å². The maximum absolute atomic E-state index is 13.1. The lowest BCUT2D eigenvalue weighted by Crippen LogP contribution is -2.19. The largest absolute Gasteiger partial charge is 0.497 e. The first-order chi connectivity index (χ1) is 13.0. The Hall–Kier alpha value is -3.35. The minimum absolute atomic E-state index is 0.170. The number of hydrogen-bond donors (Lipinski definition) is 2. The zero-order valence-electron chi connectivity index (χ0n) is 15.1. The fourth-order valence-electron chi connectivity index (χ4n) is 2.78. The molecular formula is C20H20FN3O3. The normalized spacial score (nSPS) is 10.6. The van der Waals surface area contributed by atoms with Crippen LogP contribution in [0.4, 0.5) is 10.1 Å². The summed E-state index contributed by atoms with van der Waals surface area (Å²) in [6.07, 6.45) is 0.473. The van der Waals surface area contributed by atoms with Gasteiger partial charge in [0, 0.05) is 23.4 Å². The summed E-state index contributed by atoms with van der Waals surface area (Å²) in [5.41, 5.74) is 2.18. The molecule has 3 rings (SSSR count). The average Bonchev–Trinajstić information content (AvgIpc) is 2.95. The van der Waals surface area contributed by atoms with Crippen LogP contribution >= 0.6 is 0 Å². The van der Waals surface area contributed by atoms with Crippen LogP contribution < -0.4 is 15.6 Å². The fourth-order valence-corrected chi connectivity index (χ4v) is 2.78. The standard InChI is InChI=1S/C20H20FN3O3/c1-13-18(20(26)24(23-13)16-7-3-14(21)4-8-16)11-12-19(25)22-15-5-9-17(27-2)10-6-15/h3-10,23H,11-12H2,1-2H3,(H,22,25). The summed E-state index contributed by atoms with van der Waals surface area (Å²) in [4.78, 5) is 24.8. The van der Waals surface area contributed by atoms with Crippen molar-refractivity contribution in [3.63, 3.8) is 0 Å². The topological polar surface area (TPSA) is 76.1 Å². The molecule has 0 aliphatic heterocycles. The van der Waals surface area contributed by atoms with Gasteiger partial charge in [-0.1, -0.05) is 0 Å². The molecule has 0 bridgehead atoms. The molecule has 0 aliphatic rings. The molecule has 2 aromatic carbocycles. The Morgan fingerprint density at radius 1 is 1.15 bits per heavy atom. The predicted octanol–water partition coefficient (Wildman–Crippen LogP) is 3.19. The van der Waals surface area contributed by atoms with E-state index < -0.39 is 0 Å². The number of H-pyrrole nitrogens is 1. The lowest BCUT2D eigenvalue weighted by molar-refractivity contribution is -0.116. The van der Waals surface area contributed by atoms with E-state index in [1.54, 1.807) is 38.3 Å². The number of methoxy groups -OCH3 is 1. The second-order valence-electron chi connectivity index (χ2n) is 6.11. The minimum atomic E-state index is -0.370. The number of halogens is 1. The number of aryl methyl sites for hydroxylation is 1. The third kappa shape index (κ3) is 4.25. The van der Waals surface area contributed by atoms with Gasteiger partial charge in [-0.15, -0.1) is 0 Å². The predicted molar refractivity (Wildman–Crippen MR) is 101 cm³/mol. The molecule has 0 saturated carbocycles. The first kappa shape index (κ1) is 18.4. The molecule has 140 valence electrons. The Morgan fingerprint density at radius 3 is 2.44 bits per heavy atom. The number of amides is 1. The van der Waals surface area contributed by atoms with Crippen LogP contribution in [0.2, 0.25) is 0 Å². The average molecular weight is 369 g/mol. The summed E-state index contributed by atoms with van der Waals surface area (Å²) in [6.45, 7) is 1.78. The van der Waals surface area contributed by atoms with Crippen LogP contribution in [-0.4, -0.2) is 22.8 Å². The van der Waals surface area contributed by atoms with Crippen molar-refractivity contribution in [2.75, 3.05) is 12.4 Å². The van der Waals surface area contributed by atoms with E-state index in [0.29, 0.717) is 34.8 Å². The SMILES string of the molecule is COc1ccc(NC(=O)CCc2c(C)[nH]n(-c3ccc(F)cc3)c2=O)cc1. The monoisotopic (exact) mass is 369 g/mol. The zero-order valence-corrected chi connectivity index (χ0v) is 15.1. The summed E-state index contributed by atoms with van der Waals surface area (Å²) >= 11 is 0. The van der Waals surface area contributed by atoms with Crippen molar-refractivity contribution in [3.05, 3.63) is 76.0 Å². The van der Waals surface area contributed by atoms with E-state index >= 15 is 0 Å². The van der Waals surface area contributed by atoms with Crippen LogP contribution in [0.15, 0.2) is 53.3 Å². The van der Waals surface area contributed by atoms with Gasteiger partial charge in [0.05, 0.1) is 12.8 Å². The molecule has 0 fully saturated rings. The van der Waals surface area contributed by atoms with Gasteiger partial charge in [-0.3, -0.25) is 14.7 Å². The molecular weight excluding hydrogens is 349 g/mol. The van der Waals surface area contributed by atoms with Crippen LogP contribution in [0.3, 0.4) is 0 Å². The third-order valence-electron chi connectivity index (χ3n) is 4.25. The molecule has 0 aliphatic carbocycles. The third-order valence-corrected chi connectivity index (χ3v) is 4.25. The number of aromatic nitrogens is 2. The van der Waals surface area contributed by atoms with Gasteiger partial charge < -0.3 is 10.1 Å². The number of anilines is 1. The molecule has 0 spiro atoms. The van der Waals surface area contributed by atoms with Crippen molar-refractivity contribution < 1.29 is 13.9 Å². The number of benzene rings is 2. The van der Waals surface area contributed by atoms with Crippen molar-refractivity contribution >= 4 is 11.6 Å². The highest BCUT2D eigenvalue weighted by molar-refractivity contribution is 5.90. The Balaban J connectivity index is 1.67. The fraction of sp³-hybridized carbons (Fsp3) is 0.200. The van der Waals surface area contributed by atoms with Gasteiger partial charge in [-0.2, -0.15) is 0 Å². The Kier molecular flexibility index (Phi) is 5.40. The van der Waals surface area contributed by atoms with Crippen LogP contribution in [0.25, 0.3) is 5.69 Å². The van der Waals surface area contributed by atoms with E-state index in [-0.39, 0.29) is 23.7 Å². The maximum atomic E-state index is 13.1. The Labute approximate surface area is 155 Å². The van der Waals surface area contributed by atoms with Crippen molar-refractivity contribution in [1.82, 2.24) is 9.78 Å². The molecule has 1 amide bonds. The molecule has 0 radical (unpaired) electrons. The number of nitrogens with one attached hydrogen (secondary N) is 2. The van der Waals surface area contributed by atoms with Gasteiger partial charge in [0.1, 0.15) is 11.6 Å². The molecule has 0 atom stereocenters. The lowest BCUT2D eigenvalue weighted by atomic mass is 10.1. The second-order valence-corrected chi connectivity index (χ2v) is 6.11. The lowest BCUT2D eigenvalue weighted by Gasteiger charge is -2.06. The van der Waals surface area contributed by atoms with E-state index in [4.69, 9.17) is 4.74 Å². The number of carbonyl (C=O) groups excluding carboxylic acids is 1. The minimum Gasteiger partial charge on any atom is -0.497 e. The highest BCUT2D eigenvalue weighted by Crippen LogP contribution is 2.16. The summed E-state index contributed by atoms with van der Waals surface area (Å²) in [5.74, 6) is 0.149. The van der Waals surface area contributed by atoms with Gasteiger partial charge >= 0.3 is 0 Å². The first-order valence-electron chi connectivity index (χ1n) is 8.48. The van der Waals surface area contributed by atoms with Crippen molar-refractivity contribution in [2.45, 2.75) is 19.8 Å². The molecule has 6 nitrogen and oxygen atoms in total. The molecule has 0 unspecified atom stereocenters. The van der Waals surface area contributed by atoms with Gasteiger partial charge in [-0.05, 0) is 61.9 Å². The Morgan fingerprint density at radius 2 is 1.81 bits per heavy atom. The molecule has 1 aromatic heterocycles. The van der Waals surface area contributed by atoms with Crippen LogP contribution in [0.5, 0.6) is 5.75 Å². The smallest absolute Gasteiger partial charge is 0.274 e. The molecule has 1 heterocycles. The molecule has 0 saturated heterocycles. The molecule has 27 heavy (non-hydrogen) atoms. The molecule has 7 heteroatoms. The van der Waals surface area contributed by atoms with E-state index in [9.17, 15) is 14.0 Å². The second kappa shape index (κ2) is 7.90. The van der Waals surface area contributed by atoms with E-state index in [1.807, 2.05) is 0 Å². The summed E-state index contributed by atoms with van der Waals surface area (Å²) in [5, 5.41) is 5.76. The number of rotatable bonds is 6. The molecule has 3 aromatic rings. The number of hydrogen-bond acceptors (Lipinski definition) is 3.